The van der Waals surface area contributed by atoms with Crippen molar-refractivity contribution >= 4 is 15.9 Å². The molecule has 0 aliphatic carbocycles. The van der Waals surface area contributed by atoms with Crippen LogP contribution in [0.15, 0.2) is 0 Å². The molecule has 0 spiro atoms. The standard InChI is InChI=1S/C11H19F3N2O3S/c1-2-8(6-11(12,13)14)7-20(18,19)16-5-3-4-9(16)10(15)17/h8-9H,2-7H2,1H3,(H2,15,17)/t8?,9-/m1/s1. The second kappa shape index (κ2) is 6.30. The monoisotopic (exact) mass is 316 g/mol. The lowest BCUT2D eigenvalue weighted by Gasteiger charge is -2.24. The Labute approximate surface area is 116 Å². The van der Waals surface area contributed by atoms with Gasteiger partial charge in [0.25, 0.3) is 0 Å². The topological polar surface area (TPSA) is 80.5 Å². The van der Waals surface area contributed by atoms with Crippen LogP contribution >= 0.6 is 0 Å². The minimum absolute atomic E-state index is 0.105. The summed E-state index contributed by atoms with van der Waals surface area (Å²) in [5, 5.41) is 0. The molecule has 118 valence electrons. The van der Waals surface area contributed by atoms with Crippen molar-refractivity contribution in [2.45, 2.75) is 44.8 Å². The molecule has 2 N–H and O–H groups in total. The Morgan fingerprint density at radius 1 is 1.45 bits per heavy atom. The highest BCUT2D eigenvalue weighted by Gasteiger charge is 2.40. The van der Waals surface area contributed by atoms with E-state index in [1.54, 1.807) is 0 Å². The molecular weight excluding hydrogens is 297 g/mol. The number of nitrogens with two attached hydrogens (primary N) is 1. The second-order valence-corrected chi connectivity index (χ2v) is 7.01. The van der Waals surface area contributed by atoms with Crippen molar-refractivity contribution in [1.29, 1.82) is 0 Å². The smallest absolute Gasteiger partial charge is 0.368 e. The molecular formula is C11H19F3N2O3S. The maximum Gasteiger partial charge on any atom is 0.389 e. The molecule has 0 radical (unpaired) electrons. The third kappa shape index (κ3) is 4.62. The molecule has 0 bridgehead atoms. The lowest BCUT2D eigenvalue weighted by Crippen LogP contribution is -2.45. The van der Waals surface area contributed by atoms with Crippen molar-refractivity contribution in [1.82, 2.24) is 4.31 Å². The van der Waals surface area contributed by atoms with Crippen molar-refractivity contribution in [3.05, 3.63) is 0 Å². The number of sulfonamides is 1. The molecule has 1 fully saturated rings. The molecule has 1 heterocycles. The van der Waals surface area contributed by atoms with Crippen LogP contribution in [0.2, 0.25) is 0 Å². The fourth-order valence-corrected chi connectivity index (χ4v) is 4.54. The molecule has 0 aromatic carbocycles. The van der Waals surface area contributed by atoms with Crippen LogP contribution in [0.5, 0.6) is 0 Å². The number of alkyl halides is 3. The predicted octanol–water partition coefficient (Wildman–Crippen LogP) is 1.24. The Balaban J connectivity index is 2.80. The normalized spacial score (nSPS) is 22.9. The van der Waals surface area contributed by atoms with Gasteiger partial charge in [0, 0.05) is 13.0 Å². The lowest BCUT2D eigenvalue weighted by molar-refractivity contribution is -0.143. The van der Waals surface area contributed by atoms with Gasteiger partial charge in [0.2, 0.25) is 15.9 Å². The number of amides is 1. The minimum atomic E-state index is -4.40. The van der Waals surface area contributed by atoms with Gasteiger partial charge in [-0.15, -0.1) is 0 Å². The van der Waals surface area contributed by atoms with Gasteiger partial charge in [-0.3, -0.25) is 4.79 Å². The number of hydrogen-bond acceptors (Lipinski definition) is 3. The van der Waals surface area contributed by atoms with E-state index in [1.165, 1.54) is 6.92 Å². The van der Waals surface area contributed by atoms with Crippen molar-refractivity contribution in [2.75, 3.05) is 12.3 Å². The number of rotatable bonds is 6. The molecule has 1 unspecified atom stereocenters. The summed E-state index contributed by atoms with van der Waals surface area (Å²) in [5.41, 5.74) is 5.12. The van der Waals surface area contributed by atoms with E-state index >= 15 is 0 Å². The highest BCUT2D eigenvalue weighted by Crippen LogP contribution is 2.29. The fourth-order valence-electron chi connectivity index (χ4n) is 2.40. The molecule has 1 saturated heterocycles. The van der Waals surface area contributed by atoms with E-state index in [9.17, 15) is 26.4 Å². The summed E-state index contributed by atoms with van der Waals surface area (Å²) in [4.78, 5) is 11.2. The zero-order valence-electron chi connectivity index (χ0n) is 11.2. The summed E-state index contributed by atoms with van der Waals surface area (Å²) < 4.78 is 62.4. The van der Waals surface area contributed by atoms with Gasteiger partial charge in [-0.05, 0) is 18.8 Å². The van der Waals surface area contributed by atoms with Crippen LogP contribution in [-0.4, -0.2) is 43.1 Å². The van der Waals surface area contributed by atoms with Crippen LogP contribution in [0.4, 0.5) is 13.2 Å². The fraction of sp³-hybridized carbons (Fsp3) is 0.909. The van der Waals surface area contributed by atoms with Gasteiger partial charge < -0.3 is 5.73 Å². The first kappa shape index (κ1) is 17.2. The highest BCUT2D eigenvalue weighted by atomic mass is 32.2. The molecule has 1 amide bonds. The van der Waals surface area contributed by atoms with Gasteiger partial charge in [-0.25, -0.2) is 8.42 Å². The number of carbonyl (C=O) groups is 1. The third-order valence-electron chi connectivity index (χ3n) is 3.43. The minimum Gasteiger partial charge on any atom is -0.368 e. The SMILES string of the molecule is CCC(CC(F)(F)F)CS(=O)(=O)N1CCC[C@@H]1C(N)=O. The first-order valence-electron chi connectivity index (χ1n) is 6.42. The first-order chi connectivity index (χ1) is 9.07. The van der Waals surface area contributed by atoms with E-state index in [-0.39, 0.29) is 13.0 Å². The molecule has 9 heteroatoms. The molecule has 20 heavy (non-hydrogen) atoms. The molecule has 0 saturated carbocycles. The van der Waals surface area contributed by atoms with E-state index in [0.717, 1.165) is 4.31 Å². The van der Waals surface area contributed by atoms with Crippen LogP contribution in [0.25, 0.3) is 0 Å². The third-order valence-corrected chi connectivity index (χ3v) is 5.48. The van der Waals surface area contributed by atoms with Gasteiger partial charge in [0.05, 0.1) is 5.75 Å². The van der Waals surface area contributed by atoms with Crippen molar-refractivity contribution < 1.29 is 26.4 Å². The quantitative estimate of drug-likeness (QED) is 0.800. The molecule has 0 aromatic rings. The maximum absolute atomic E-state index is 12.4. The Bertz CT molecular complexity index is 450. The van der Waals surface area contributed by atoms with Crippen LogP contribution in [0.3, 0.4) is 0 Å². The average Bonchev–Trinajstić information content (AvgIpc) is 2.75. The average molecular weight is 316 g/mol. The zero-order valence-corrected chi connectivity index (χ0v) is 12.0. The largest absolute Gasteiger partial charge is 0.389 e. The van der Waals surface area contributed by atoms with Gasteiger partial charge >= 0.3 is 6.18 Å². The zero-order chi connectivity index (χ0) is 15.6. The molecule has 2 atom stereocenters. The van der Waals surface area contributed by atoms with E-state index in [1.807, 2.05) is 0 Å². The summed E-state index contributed by atoms with van der Waals surface area (Å²) in [5.74, 6) is -2.36. The van der Waals surface area contributed by atoms with Crippen molar-refractivity contribution in [3.8, 4) is 0 Å². The predicted molar refractivity (Wildman–Crippen MR) is 67.2 cm³/mol. The Morgan fingerprint density at radius 3 is 2.50 bits per heavy atom. The number of hydrogen-bond donors (Lipinski definition) is 1. The van der Waals surface area contributed by atoms with Crippen LogP contribution in [0, 0.1) is 5.92 Å². The molecule has 5 nitrogen and oxygen atoms in total. The Hall–Kier alpha value is -0.830. The Morgan fingerprint density at radius 2 is 2.05 bits per heavy atom. The number of nitrogens with zero attached hydrogens (tertiary/aromatic N) is 1. The number of halogens is 3. The van der Waals surface area contributed by atoms with E-state index in [4.69, 9.17) is 5.73 Å². The van der Waals surface area contributed by atoms with E-state index in [0.29, 0.717) is 12.8 Å². The van der Waals surface area contributed by atoms with E-state index in [2.05, 4.69) is 0 Å². The van der Waals surface area contributed by atoms with Gasteiger partial charge in [0.15, 0.2) is 0 Å². The molecule has 1 rings (SSSR count). The van der Waals surface area contributed by atoms with Crippen molar-refractivity contribution in [2.24, 2.45) is 11.7 Å². The lowest BCUT2D eigenvalue weighted by atomic mass is 10.1. The summed E-state index contributed by atoms with van der Waals surface area (Å²) in [6, 6.07) is -0.927. The summed E-state index contributed by atoms with van der Waals surface area (Å²) in [7, 11) is -3.91. The number of carbonyl (C=O) groups excluding carboxylic acids is 1. The van der Waals surface area contributed by atoms with Gasteiger partial charge in [-0.2, -0.15) is 17.5 Å². The van der Waals surface area contributed by atoms with Gasteiger partial charge in [0.1, 0.15) is 6.04 Å². The van der Waals surface area contributed by atoms with Crippen LogP contribution < -0.4 is 5.73 Å². The summed E-state index contributed by atoms with van der Waals surface area (Å²) in [6.07, 6.45) is -4.62. The maximum atomic E-state index is 12.4. The van der Waals surface area contributed by atoms with Crippen LogP contribution in [-0.2, 0) is 14.8 Å². The second-order valence-electron chi connectivity index (χ2n) is 5.04. The van der Waals surface area contributed by atoms with Crippen molar-refractivity contribution in [3.63, 3.8) is 0 Å². The van der Waals surface area contributed by atoms with E-state index < -0.39 is 46.2 Å². The first-order valence-corrected chi connectivity index (χ1v) is 8.03. The Kier molecular flexibility index (Phi) is 5.42. The molecule has 1 aliphatic heterocycles. The molecule has 1 aliphatic rings. The number of primary amides is 1. The summed E-state index contributed by atoms with van der Waals surface area (Å²) in [6.45, 7) is 1.65. The van der Waals surface area contributed by atoms with Gasteiger partial charge in [-0.1, -0.05) is 13.3 Å². The highest BCUT2D eigenvalue weighted by molar-refractivity contribution is 7.89. The molecule has 0 aromatic heterocycles. The van der Waals surface area contributed by atoms with Crippen LogP contribution in [0.1, 0.15) is 32.6 Å². The summed E-state index contributed by atoms with van der Waals surface area (Å²) >= 11 is 0.